The molecule has 1 amide bonds. The van der Waals surface area contributed by atoms with Gasteiger partial charge in [-0.05, 0) is 37.3 Å². The Balaban J connectivity index is 1.85. The molecule has 0 radical (unpaired) electrons. The number of likely N-dealkylation sites (tertiary alicyclic amines) is 1. The van der Waals surface area contributed by atoms with Crippen LogP contribution in [0.4, 0.5) is 0 Å². The highest BCUT2D eigenvalue weighted by Gasteiger charge is 2.28. The van der Waals surface area contributed by atoms with Crippen LogP contribution in [0.2, 0.25) is 0 Å². The summed E-state index contributed by atoms with van der Waals surface area (Å²) in [7, 11) is 0. The highest BCUT2D eigenvalue weighted by Crippen LogP contribution is 2.20. The van der Waals surface area contributed by atoms with E-state index in [9.17, 15) is 4.79 Å². The van der Waals surface area contributed by atoms with Gasteiger partial charge in [-0.15, -0.1) is 0 Å². The third kappa shape index (κ3) is 5.32. The molecule has 0 aliphatic carbocycles. The minimum absolute atomic E-state index is 0.133. The number of piperidine rings is 1. The Kier molecular flexibility index (Phi) is 7.25. The third-order valence-corrected chi connectivity index (χ3v) is 4.97. The molecule has 4 heteroatoms. The van der Waals surface area contributed by atoms with Crippen molar-refractivity contribution in [3.8, 4) is 0 Å². The zero-order valence-corrected chi connectivity index (χ0v) is 15.4. The average molecular weight is 332 g/mol. The Hall–Kier alpha value is -1.39. The van der Waals surface area contributed by atoms with Crippen LogP contribution in [0.15, 0.2) is 30.3 Å². The summed E-state index contributed by atoms with van der Waals surface area (Å²) in [6.07, 6.45) is 2.86. The fourth-order valence-electron chi connectivity index (χ4n) is 3.61. The summed E-state index contributed by atoms with van der Waals surface area (Å²) in [5.41, 5.74) is 7.43. The van der Waals surface area contributed by atoms with Gasteiger partial charge in [0, 0.05) is 25.7 Å². The van der Waals surface area contributed by atoms with Crippen LogP contribution in [0.1, 0.15) is 45.6 Å². The lowest BCUT2D eigenvalue weighted by molar-refractivity contribution is -0.134. The first-order valence-electron chi connectivity index (χ1n) is 9.33. The molecule has 4 nitrogen and oxygen atoms in total. The number of rotatable bonds is 7. The van der Waals surface area contributed by atoms with Crippen LogP contribution < -0.4 is 5.73 Å². The van der Waals surface area contributed by atoms with Crippen molar-refractivity contribution in [1.29, 1.82) is 0 Å². The van der Waals surface area contributed by atoms with Gasteiger partial charge in [0.2, 0.25) is 5.91 Å². The number of carbonyl (C=O) groups excluding carboxylic acids is 1. The van der Waals surface area contributed by atoms with E-state index in [0.29, 0.717) is 12.0 Å². The number of carbonyl (C=O) groups is 1. The van der Waals surface area contributed by atoms with E-state index in [2.05, 4.69) is 56.0 Å². The van der Waals surface area contributed by atoms with E-state index in [0.717, 1.165) is 45.4 Å². The van der Waals surface area contributed by atoms with Gasteiger partial charge in [-0.1, -0.05) is 51.1 Å². The molecule has 1 heterocycles. The normalized spacial score (nSPS) is 17.5. The van der Waals surface area contributed by atoms with Gasteiger partial charge in [-0.25, -0.2) is 0 Å². The highest BCUT2D eigenvalue weighted by molar-refractivity contribution is 5.81. The zero-order chi connectivity index (χ0) is 17.5. The van der Waals surface area contributed by atoms with Gasteiger partial charge in [0.05, 0.1) is 6.04 Å². The molecule has 0 aromatic heterocycles. The Labute approximate surface area is 147 Å². The summed E-state index contributed by atoms with van der Waals surface area (Å²) in [6, 6.07) is 10.8. The van der Waals surface area contributed by atoms with E-state index in [1.165, 1.54) is 5.56 Å². The second-order valence-electron chi connectivity index (χ2n) is 7.34. The first-order valence-corrected chi connectivity index (χ1v) is 9.33. The van der Waals surface area contributed by atoms with Gasteiger partial charge < -0.3 is 10.6 Å². The second-order valence-corrected chi connectivity index (χ2v) is 7.34. The van der Waals surface area contributed by atoms with Crippen molar-refractivity contribution in [3.05, 3.63) is 35.9 Å². The molecule has 1 fully saturated rings. The standard InChI is InChI=1S/C20H33N3O/c1-4-22(15-17-8-6-5-7-9-17)18-10-12-23(13-11-18)20(24)19(21)14-16(2)3/h5-9,16,18-19H,4,10-15,21H2,1-3H3/t19-/m0/s1. The van der Waals surface area contributed by atoms with Gasteiger partial charge in [-0.3, -0.25) is 9.69 Å². The Morgan fingerprint density at radius 3 is 2.42 bits per heavy atom. The van der Waals surface area contributed by atoms with Gasteiger partial charge in [-0.2, -0.15) is 0 Å². The largest absolute Gasteiger partial charge is 0.341 e. The van der Waals surface area contributed by atoms with Crippen molar-refractivity contribution in [2.75, 3.05) is 19.6 Å². The summed E-state index contributed by atoms with van der Waals surface area (Å²) in [4.78, 5) is 17.0. The van der Waals surface area contributed by atoms with E-state index in [-0.39, 0.29) is 11.9 Å². The van der Waals surface area contributed by atoms with Crippen LogP contribution in [-0.4, -0.2) is 47.4 Å². The van der Waals surface area contributed by atoms with Crippen LogP contribution in [-0.2, 0) is 11.3 Å². The predicted octanol–water partition coefficient (Wildman–Crippen LogP) is 2.87. The molecule has 0 spiro atoms. The van der Waals surface area contributed by atoms with Crippen molar-refractivity contribution in [2.24, 2.45) is 11.7 Å². The summed E-state index contributed by atoms with van der Waals surface area (Å²) >= 11 is 0. The van der Waals surface area contributed by atoms with E-state index < -0.39 is 0 Å². The van der Waals surface area contributed by atoms with Crippen LogP contribution in [0.3, 0.4) is 0 Å². The molecular weight excluding hydrogens is 298 g/mol. The Morgan fingerprint density at radius 1 is 1.25 bits per heavy atom. The quantitative estimate of drug-likeness (QED) is 0.836. The summed E-state index contributed by atoms with van der Waals surface area (Å²) in [5, 5.41) is 0. The van der Waals surface area contributed by atoms with Gasteiger partial charge in [0.25, 0.3) is 0 Å². The zero-order valence-electron chi connectivity index (χ0n) is 15.4. The molecule has 24 heavy (non-hydrogen) atoms. The maximum Gasteiger partial charge on any atom is 0.239 e. The molecule has 1 aliphatic heterocycles. The minimum atomic E-state index is -0.340. The van der Waals surface area contributed by atoms with E-state index in [1.54, 1.807) is 0 Å². The van der Waals surface area contributed by atoms with Crippen molar-refractivity contribution >= 4 is 5.91 Å². The monoisotopic (exact) mass is 331 g/mol. The van der Waals surface area contributed by atoms with Crippen LogP contribution in [0, 0.1) is 5.92 Å². The summed E-state index contributed by atoms with van der Waals surface area (Å²) < 4.78 is 0. The third-order valence-electron chi connectivity index (χ3n) is 4.97. The van der Waals surface area contributed by atoms with Crippen molar-refractivity contribution < 1.29 is 4.79 Å². The van der Waals surface area contributed by atoms with Crippen LogP contribution >= 0.6 is 0 Å². The van der Waals surface area contributed by atoms with Crippen LogP contribution in [0.5, 0.6) is 0 Å². The number of nitrogens with zero attached hydrogens (tertiary/aromatic N) is 2. The van der Waals surface area contributed by atoms with E-state index >= 15 is 0 Å². The summed E-state index contributed by atoms with van der Waals surface area (Å²) in [5.74, 6) is 0.594. The molecule has 0 bridgehead atoms. The number of hydrogen-bond acceptors (Lipinski definition) is 3. The fourth-order valence-corrected chi connectivity index (χ4v) is 3.61. The molecule has 1 atom stereocenters. The number of amides is 1. The lowest BCUT2D eigenvalue weighted by Crippen LogP contribution is -2.51. The lowest BCUT2D eigenvalue weighted by atomic mass is 9.99. The molecule has 1 aromatic carbocycles. The van der Waals surface area contributed by atoms with Gasteiger partial charge >= 0.3 is 0 Å². The lowest BCUT2D eigenvalue weighted by Gasteiger charge is -2.39. The van der Waals surface area contributed by atoms with Crippen LogP contribution in [0.25, 0.3) is 0 Å². The molecular formula is C20H33N3O. The number of nitrogens with two attached hydrogens (primary N) is 1. The molecule has 1 aliphatic rings. The topological polar surface area (TPSA) is 49.6 Å². The van der Waals surface area contributed by atoms with Crippen molar-refractivity contribution in [3.63, 3.8) is 0 Å². The summed E-state index contributed by atoms with van der Waals surface area (Å²) in [6.45, 7) is 10.1. The molecule has 2 N–H and O–H groups in total. The first-order chi connectivity index (χ1) is 11.5. The minimum Gasteiger partial charge on any atom is -0.341 e. The maximum absolute atomic E-state index is 12.5. The first kappa shape index (κ1) is 18.9. The predicted molar refractivity (Wildman–Crippen MR) is 99.6 cm³/mol. The molecule has 0 unspecified atom stereocenters. The Morgan fingerprint density at radius 2 is 1.88 bits per heavy atom. The second kappa shape index (κ2) is 9.19. The van der Waals surface area contributed by atoms with E-state index in [4.69, 9.17) is 5.73 Å². The molecule has 134 valence electrons. The van der Waals surface area contributed by atoms with Crippen molar-refractivity contribution in [2.45, 2.75) is 58.7 Å². The average Bonchev–Trinajstić information content (AvgIpc) is 2.59. The SMILES string of the molecule is CCN(Cc1ccccc1)C1CCN(C(=O)[C@@H](N)CC(C)C)CC1. The molecule has 2 rings (SSSR count). The molecule has 1 saturated heterocycles. The fraction of sp³-hybridized carbons (Fsp3) is 0.650. The smallest absolute Gasteiger partial charge is 0.239 e. The van der Waals surface area contributed by atoms with E-state index in [1.807, 2.05) is 4.90 Å². The van der Waals surface area contributed by atoms with Gasteiger partial charge in [0.15, 0.2) is 0 Å². The maximum atomic E-state index is 12.5. The Bertz CT molecular complexity index is 495. The molecule has 0 saturated carbocycles. The number of hydrogen-bond donors (Lipinski definition) is 1. The van der Waals surface area contributed by atoms with Gasteiger partial charge in [0.1, 0.15) is 0 Å². The highest BCUT2D eigenvalue weighted by atomic mass is 16.2. The van der Waals surface area contributed by atoms with Crippen molar-refractivity contribution in [1.82, 2.24) is 9.80 Å². The molecule has 1 aromatic rings. The number of benzene rings is 1.